The lowest BCUT2D eigenvalue weighted by molar-refractivity contribution is -0.146. The Balaban J connectivity index is 0.950. The number of hydrogen-bond donors (Lipinski definition) is 5. The molecule has 0 heterocycles. The third kappa shape index (κ3) is 21.4. The predicted molar refractivity (Wildman–Crippen MR) is 300 cm³/mol. The molecular formula is C60H104N6O12. The standard InChI is InChI=1S/C60H104N6O12/c1-7-29-66(30-8-2)31-15-14-18-51(57(71)62-41-54(69)63-43-78-52-22-21-49-48-20-19-45-40-46(67)23-26-59(45,5)50(48)24-27-60(49,52)6)64-58(72)56(44(3)4)65-53(68)25-32-73-34-36-75-38-39-76-37-35-74-33-28-61-55(70)42-77-47-16-12-10-9-11-13-17-47/h12,16,44-45,47-52,56H,7-11,13-15,17-43H2,1-6H3,(H,61,70)(H,62,71)(H,63,69)(H,64,72)(H,65,68)/b16-12-/t45-,47?,48-,49?,50-,51-,52-,56-,59-,60-/m0/s1. The van der Waals surface area contributed by atoms with Crippen LogP contribution in [-0.2, 0) is 57.2 Å². The summed E-state index contributed by atoms with van der Waals surface area (Å²) in [5.74, 6) is 0.805. The first-order chi connectivity index (χ1) is 37.7. The molecule has 10 atom stereocenters. The molecule has 0 spiro atoms. The lowest BCUT2D eigenvalue weighted by atomic mass is 9.45. The van der Waals surface area contributed by atoms with Crippen LogP contribution in [-0.4, -0.2) is 163 Å². The Morgan fingerprint density at radius 3 is 2.10 bits per heavy atom. The number of ketones is 1. The molecule has 78 heavy (non-hydrogen) atoms. The van der Waals surface area contributed by atoms with Gasteiger partial charge in [0.2, 0.25) is 29.5 Å². The van der Waals surface area contributed by atoms with Crippen molar-refractivity contribution < 1.29 is 57.2 Å². The van der Waals surface area contributed by atoms with Gasteiger partial charge in [-0.05, 0) is 156 Å². The minimum Gasteiger partial charge on any atom is -0.379 e. The molecule has 5 aliphatic rings. The maximum absolute atomic E-state index is 13.8. The number of hydrogen-bond acceptors (Lipinski definition) is 13. The summed E-state index contributed by atoms with van der Waals surface area (Å²) in [5, 5.41) is 14.2. The highest BCUT2D eigenvalue weighted by Gasteiger charge is 2.60. The molecule has 0 saturated heterocycles. The second kappa shape index (κ2) is 35.4. The molecule has 0 aromatic rings. The molecule has 0 aliphatic heterocycles. The minimum atomic E-state index is -0.903. The summed E-state index contributed by atoms with van der Waals surface area (Å²) in [7, 11) is 0. The normalized spacial score (nSPS) is 27.1. The molecule has 18 heteroatoms. The van der Waals surface area contributed by atoms with Gasteiger partial charge in [0.1, 0.15) is 31.2 Å². The molecule has 446 valence electrons. The highest BCUT2D eigenvalue weighted by atomic mass is 16.6. The van der Waals surface area contributed by atoms with Gasteiger partial charge in [-0.15, -0.1) is 0 Å². The van der Waals surface area contributed by atoms with Crippen molar-refractivity contribution in [1.82, 2.24) is 31.5 Å². The molecule has 0 bridgehead atoms. The van der Waals surface area contributed by atoms with Gasteiger partial charge >= 0.3 is 0 Å². The van der Waals surface area contributed by atoms with Gasteiger partial charge < -0.3 is 59.9 Å². The Labute approximate surface area is 468 Å². The molecule has 0 aromatic carbocycles. The number of fused-ring (bicyclic) bond motifs is 5. The summed E-state index contributed by atoms with van der Waals surface area (Å²) in [4.78, 5) is 80.8. The van der Waals surface area contributed by atoms with E-state index in [9.17, 15) is 28.8 Å². The van der Waals surface area contributed by atoms with Crippen molar-refractivity contribution in [3.8, 4) is 0 Å². The Bertz CT molecular complexity index is 1850. The maximum atomic E-state index is 13.8. The lowest BCUT2D eigenvalue weighted by Crippen LogP contribution is -2.56. The average molecular weight is 1100 g/mol. The Hall–Kier alpha value is -3.52. The van der Waals surface area contributed by atoms with E-state index in [4.69, 9.17) is 28.4 Å². The van der Waals surface area contributed by atoms with Crippen LogP contribution < -0.4 is 26.6 Å². The number of carbonyl (C=O) groups is 6. The summed E-state index contributed by atoms with van der Waals surface area (Å²) in [6, 6.07) is -1.79. The largest absolute Gasteiger partial charge is 0.379 e. The molecule has 5 aliphatic carbocycles. The van der Waals surface area contributed by atoms with Crippen molar-refractivity contribution in [1.29, 1.82) is 0 Å². The van der Waals surface area contributed by atoms with Crippen LogP contribution in [0.25, 0.3) is 0 Å². The molecule has 5 N–H and O–H groups in total. The number of amides is 5. The molecule has 0 radical (unpaired) electrons. The molecular weight excluding hydrogens is 997 g/mol. The van der Waals surface area contributed by atoms with Crippen LogP contribution in [0.2, 0.25) is 0 Å². The first-order valence-electron chi connectivity index (χ1n) is 30.5. The predicted octanol–water partition coefficient (Wildman–Crippen LogP) is 6.57. The zero-order chi connectivity index (χ0) is 56.2. The number of allylic oxidation sites excluding steroid dienone is 1. The third-order valence-electron chi connectivity index (χ3n) is 17.9. The van der Waals surface area contributed by atoms with Gasteiger partial charge in [-0.25, -0.2) is 0 Å². The van der Waals surface area contributed by atoms with Crippen molar-refractivity contribution >= 4 is 35.3 Å². The van der Waals surface area contributed by atoms with Crippen LogP contribution in [0.5, 0.6) is 0 Å². The average Bonchev–Trinajstić information content (AvgIpc) is 3.96. The van der Waals surface area contributed by atoms with Crippen LogP contribution in [0, 0.1) is 40.4 Å². The highest BCUT2D eigenvalue weighted by molar-refractivity contribution is 5.93. The van der Waals surface area contributed by atoms with E-state index in [1.807, 2.05) is 13.8 Å². The molecule has 5 amide bonds. The van der Waals surface area contributed by atoms with E-state index in [0.717, 1.165) is 103 Å². The van der Waals surface area contributed by atoms with E-state index in [1.54, 1.807) is 0 Å². The SMILES string of the molecule is CCCN(CCC)CCCC[C@H](NC(=O)[C@@H](NC(=O)CCOCCOCCOCCOCCNC(=O)COC1/C=C\CCCCC1)C(C)C)C(=O)NCC(=O)NCO[C@H]1CCC2[C@@H]3CC[C@H]4CC(=O)CC[C@]4(C)[C@H]3CC[C@@]21C. The summed E-state index contributed by atoms with van der Waals surface area (Å²) < 4.78 is 34.5. The summed E-state index contributed by atoms with van der Waals surface area (Å²) in [5.41, 5.74) is 0.300. The van der Waals surface area contributed by atoms with Gasteiger partial charge in [0.25, 0.3) is 0 Å². The smallest absolute Gasteiger partial charge is 0.246 e. The lowest BCUT2D eigenvalue weighted by Gasteiger charge is -2.60. The second-order valence-corrected chi connectivity index (χ2v) is 23.8. The molecule has 2 unspecified atom stereocenters. The fraction of sp³-hybridized carbons (Fsp3) is 0.867. The quantitative estimate of drug-likeness (QED) is 0.0253. The fourth-order valence-corrected chi connectivity index (χ4v) is 13.5. The van der Waals surface area contributed by atoms with Gasteiger partial charge in [0.15, 0.2) is 0 Å². The Morgan fingerprint density at radius 1 is 0.679 bits per heavy atom. The number of ether oxygens (including phenoxy) is 6. The number of nitrogens with zero attached hydrogens (tertiary/aromatic N) is 1. The van der Waals surface area contributed by atoms with E-state index in [-0.39, 0.29) is 86.2 Å². The molecule has 4 saturated carbocycles. The van der Waals surface area contributed by atoms with Gasteiger partial charge in [-0.3, -0.25) is 28.8 Å². The number of carbonyl (C=O) groups excluding carboxylic acids is 6. The van der Waals surface area contributed by atoms with Crippen LogP contribution >= 0.6 is 0 Å². The molecule has 0 aromatic heterocycles. The monoisotopic (exact) mass is 1100 g/mol. The molecule has 5 rings (SSSR count). The second-order valence-electron chi connectivity index (χ2n) is 23.8. The van der Waals surface area contributed by atoms with Crippen molar-refractivity contribution in [2.24, 2.45) is 40.4 Å². The first-order valence-corrected chi connectivity index (χ1v) is 30.5. The first kappa shape index (κ1) is 65.3. The topological polar surface area (TPSA) is 221 Å². The fourth-order valence-electron chi connectivity index (χ4n) is 13.5. The molecule has 4 fully saturated rings. The minimum absolute atomic E-state index is 0.00360. The third-order valence-corrected chi connectivity index (χ3v) is 17.9. The number of rotatable bonds is 37. The zero-order valence-corrected chi connectivity index (χ0v) is 48.9. The van der Waals surface area contributed by atoms with E-state index < -0.39 is 23.9 Å². The maximum Gasteiger partial charge on any atom is 0.246 e. The Kier molecular flexibility index (Phi) is 29.6. The highest BCUT2D eigenvalue weighted by Crippen LogP contribution is 2.66. The van der Waals surface area contributed by atoms with Crippen LogP contribution in [0.4, 0.5) is 0 Å². The van der Waals surface area contributed by atoms with E-state index >= 15 is 0 Å². The van der Waals surface area contributed by atoms with Crippen molar-refractivity contribution in [2.75, 3.05) is 98.9 Å². The van der Waals surface area contributed by atoms with E-state index in [0.29, 0.717) is 88.5 Å². The van der Waals surface area contributed by atoms with Gasteiger partial charge in [0, 0.05) is 25.8 Å². The van der Waals surface area contributed by atoms with Gasteiger partial charge in [-0.1, -0.05) is 66.5 Å². The zero-order valence-electron chi connectivity index (χ0n) is 48.9. The summed E-state index contributed by atoms with van der Waals surface area (Å²) in [6.45, 7) is 18.7. The van der Waals surface area contributed by atoms with Gasteiger partial charge in [0.05, 0.1) is 71.6 Å². The van der Waals surface area contributed by atoms with E-state index in [2.05, 4.69) is 71.3 Å². The van der Waals surface area contributed by atoms with Crippen LogP contribution in [0.15, 0.2) is 12.2 Å². The summed E-state index contributed by atoms with van der Waals surface area (Å²) in [6.07, 6.45) is 23.0. The van der Waals surface area contributed by atoms with Crippen molar-refractivity contribution in [3.05, 3.63) is 12.2 Å². The van der Waals surface area contributed by atoms with Crippen molar-refractivity contribution in [2.45, 2.75) is 194 Å². The Morgan fingerprint density at radius 2 is 1.38 bits per heavy atom. The van der Waals surface area contributed by atoms with Gasteiger partial charge in [-0.2, -0.15) is 0 Å². The van der Waals surface area contributed by atoms with Crippen LogP contribution in [0.1, 0.15) is 170 Å². The van der Waals surface area contributed by atoms with E-state index in [1.165, 1.54) is 25.7 Å². The number of Topliss-reactive ketones (excluding diaryl/α,β-unsaturated/α-hetero) is 1. The summed E-state index contributed by atoms with van der Waals surface area (Å²) >= 11 is 0. The molecule has 18 nitrogen and oxygen atoms in total. The number of nitrogens with one attached hydrogen (secondary N) is 5. The van der Waals surface area contributed by atoms with Crippen LogP contribution in [0.3, 0.4) is 0 Å². The number of unbranched alkanes of at least 4 members (excludes halogenated alkanes) is 1. The van der Waals surface area contributed by atoms with Crippen molar-refractivity contribution in [3.63, 3.8) is 0 Å².